The number of aliphatic imine (C=N–C) groups is 1. The van der Waals surface area contributed by atoms with Crippen molar-refractivity contribution in [3.63, 3.8) is 0 Å². The van der Waals surface area contributed by atoms with Crippen LogP contribution in [-0.4, -0.2) is 41.6 Å². The van der Waals surface area contributed by atoms with E-state index in [0.29, 0.717) is 19.1 Å². The molecule has 0 bridgehead atoms. The zero-order valence-corrected chi connectivity index (χ0v) is 13.6. The molecule has 3 N–H and O–H groups in total. The Morgan fingerprint density at radius 1 is 1.52 bits per heavy atom. The number of nitrogens with two attached hydrogens (primary N) is 1. The van der Waals surface area contributed by atoms with E-state index < -0.39 is 0 Å². The normalized spacial score (nSPS) is 20.2. The highest BCUT2D eigenvalue weighted by Crippen LogP contribution is 2.20. The van der Waals surface area contributed by atoms with Crippen LogP contribution < -0.4 is 5.73 Å². The molecule has 0 spiro atoms. The highest BCUT2D eigenvalue weighted by atomic mass is 79.9. The predicted octanol–water partition coefficient (Wildman–Crippen LogP) is 2.47. The Labute approximate surface area is 132 Å². The number of fused-ring (bicyclic) bond motifs is 1. The largest absolute Gasteiger partial charge is 0.375 e. The molecule has 1 aliphatic rings. The Bertz CT molecular complexity index is 667. The molecule has 1 aromatic carbocycles. The van der Waals surface area contributed by atoms with Crippen molar-refractivity contribution in [1.82, 2.24) is 9.88 Å². The van der Waals surface area contributed by atoms with Gasteiger partial charge in [0.15, 0.2) is 5.96 Å². The number of morpholine rings is 1. The maximum Gasteiger partial charge on any atom is 0.191 e. The van der Waals surface area contributed by atoms with Crippen molar-refractivity contribution in [3.8, 4) is 0 Å². The first-order valence-corrected chi connectivity index (χ1v) is 7.85. The SMILES string of the molecule is CC1CN(C(N)=NCc2cc3cc(Br)ccc3[nH]2)CCO1. The summed E-state index contributed by atoms with van der Waals surface area (Å²) in [5.41, 5.74) is 8.25. The van der Waals surface area contributed by atoms with Crippen molar-refractivity contribution in [2.75, 3.05) is 19.7 Å². The van der Waals surface area contributed by atoms with Gasteiger partial charge in [-0.25, -0.2) is 4.99 Å². The molecule has 0 radical (unpaired) electrons. The summed E-state index contributed by atoms with van der Waals surface area (Å²) in [5.74, 6) is 0.588. The number of nitrogens with zero attached hydrogens (tertiary/aromatic N) is 2. The Balaban J connectivity index is 1.71. The van der Waals surface area contributed by atoms with Crippen molar-refractivity contribution in [1.29, 1.82) is 0 Å². The number of aromatic nitrogens is 1. The standard InChI is InChI=1S/C15H19BrN4O/c1-10-9-20(4-5-21-10)15(17)18-8-13-7-11-6-12(16)2-3-14(11)19-13/h2-3,6-7,10,19H,4-5,8-9H2,1H3,(H2,17,18). The molecular weight excluding hydrogens is 332 g/mol. The second kappa shape index (κ2) is 6.07. The Kier molecular flexibility index (Phi) is 4.17. The zero-order chi connectivity index (χ0) is 14.8. The average molecular weight is 351 g/mol. The van der Waals surface area contributed by atoms with Crippen LogP contribution in [0.1, 0.15) is 12.6 Å². The number of rotatable bonds is 2. The molecule has 2 heterocycles. The molecule has 6 heteroatoms. The van der Waals surface area contributed by atoms with E-state index >= 15 is 0 Å². The van der Waals surface area contributed by atoms with Crippen LogP contribution in [0.3, 0.4) is 0 Å². The third-order valence-corrected chi connectivity index (χ3v) is 4.11. The van der Waals surface area contributed by atoms with Gasteiger partial charge in [0.1, 0.15) is 0 Å². The third-order valence-electron chi connectivity index (χ3n) is 3.62. The number of ether oxygens (including phenoxy) is 1. The van der Waals surface area contributed by atoms with E-state index in [9.17, 15) is 0 Å². The van der Waals surface area contributed by atoms with Gasteiger partial charge >= 0.3 is 0 Å². The molecule has 112 valence electrons. The number of hydrogen-bond donors (Lipinski definition) is 2. The lowest BCUT2D eigenvalue weighted by molar-refractivity contribution is 0.00528. The quantitative estimate of drug-likeness (QED) is 0.645. The first kappa shape index (κ1) is 14.4. The molecule has 0 saturated carbocycles. The summed E-state index contributed by atoms with van der Waals surface area (Å²) < 4.78 is 6.58. The fraction of sp³-hybridized carbons (Fsp3) is 0.400. The molecule has 1 unspecified atom stereocenters. The number of hydrogen-bond acceptors (Lipinski definition) is 2. The fourth-order valence-electron chi connectivity index (χ4n) is 2.54. The van der Waals surface area contributed by atoms with E-state index in [1.807, 2.05) is 6.07 Å². The fourth-order valence-corrected chi connectivity index (χ4v) is 2.92. The van der Waals surface area contributed by atoms with E-state index in [2.05, 4.69) is 55.9 Å². The monoisotopic (exact) mass is 350 g/mol. The summed E-state index contributed by atoms with van der Waals surface area (Å²) in [6, 6.07) is 8.28. The number of guanidine groups is 1. The van der Waals surface area contributed by atoms with Gasteiger partial charge in [-0.15, -0.1) is 0 Å². The van der Waals surface area contributed by atoms with Gasteiger partial charge in [-0.3, -0.25) is 0 Å². The lowest BCUT2D eigenvalue weighted by atomic mass is 10.2. The van der Waals surface area contributed by atoms with Gasteiger partial charge in [-0.1, -0.05) is 15.9 Å². The molecule has 1 aliphatic heterocycles. The van der Waals surface area contributed by atoms with Crippen LogP contribution in [0.25, 0.3) is 10.9 Å². The first-order chi connectivity index (χ1) is 10.1. The van der Waals surface area contributed by atoms with Crippen molar-refractivity contribution in [3.05, 3.63) is 34.4 Å². The van der Waals surface area contributed by atoms with Gasteiger partial charge in [0.2, 0.25) is 0 Å². The third kappa shape index (κ3) is 3.39. The van der Waals surface area contributed by atoms with E-state index in [-0.39, 0.29) is 6.10 Å². The predicted molar refractivity (Wildman–Crippen MR) is 88.3 cm³/mol. The lowest BCUT2D eigenvalue weighted by Gasteiger charge is -2.31. The molecule has 21 heavy (non-hydrogen) atoms. The van der Waals surface area contributed by atoms with Crippen LogP contribution in [0.15, 0.2) is 33.7 Å². The van der Waals surface area contributed by atoms with Crippen molar-refractivity contribution >= 4 is 32.8 Å². The molecule has 1 aromatic heterocycles. The molecule has 1 saturated heterocycles. The topological polar surface area (TPSA) is 66.6 Å². The molecular formula is C15H19BrN4O. The highest BCUT2D eigenvalue weighted by Gasteiger charge is 2.17. The number of nitrogens with one attached hydrogen (secondary N) is 1. The van der Waals surface area contributed by atoms with Crippen LogP contribution in [0.2, 0.25) is 0 Å². The summed E-state index contributed by atoms with van der Waals surface area (Å²) in [4.78, 5) is 9.93. The van der Waals surface area contributed by atoms with Gasteiger partial charge in [-0.2, -0.15) is 0 Å². The van der Waals surface area contributed by atoms with E-state index in [1.165, 1.54) is 5.39 Å². The maximum absolute atomic E-state index is 6.08. The van der Waals surface area contributed by atoms with E-state index in [4.69, 9.17) is 10.5 Å². The minimum Gasteiger partial charge on any atom is -0.375 e. The molecule has 5 nitrogen and oxygen atoms in total. The summed E-state index contributed by atoms with van der Waals surface area (Å²) in [6.07, 6.45) is 0.206. The Morgan fingerprint density at radius 3 is 3.19 bits per heavy atom. The van der Waals surface area contributed by atoms with Gasteiger partial charge in [0, 0.05) is 34.2 Å². The van der Waals surface area contributed by atoms with Gasteiger partial charge in [-0.05, 0) is 31.2 Å². The van der Waals surface area contributed by atoms with Crippen molar-refractivity contribution < 1.29 is 4.74 Å². The number of halogens is 1. The molecule has 2 aromatic rings. The van der Waals surface area contributed by atoms with Crippen LogP contribution in [0.4, 0.5) is 0 Å². The number of H-pyrrole nitrogens is 1. The molecule has 1 atom stereocenters. The summed E-state index contributed by atoms with van der Waals surface area (Å²) >= 11 is 3.48. The minimum atomic E-state index is 0.206. The van der Waals surface area contributed by atoms with Crippen molar-refractivity contribution in [2.45, 2.75) is 19.6 Å². The van der Waals surface area contributed by atoms with Crippen LogP contribution in [0, 0.1) is 0 Å². The maximum atomic E-state index is 6.08. The second-order valence-corrected chi connectivity index (χ2v) is 6.24. The summed E-state index contributed by atoms with van der Waals surface area (Å²) in [6.45, 7) is 4.92. The highest BCUT2D eigenvalue weighted by molar-refractivity contribution is 9.10. The minimum absolute atomic E-state index is 0.206. The summed E-state index contributed by atoms with van der Waals surface area (Å²) in [5, 5.41) is 1.17. The van der Waals surface area contributed by atoms with Gasteiger partial charge < -0.3 is 20.4 Å². The molecule has 0 amide bonds. The van der Waals surface area contributed by atoms with E-state index in [1.54, 1.807) is 0 Å². The van der Waals surface area contributed by atoms with Gasteiger partial charge in [0.25, 0.3) is 0 Å². The Hall–Kier alpha value is -1.53. The van der Waals surface area contributed by atoms with Crippen LogP contribution in [0.5, 0.6) is 0 Å². The number of benzene rings is 1. The van der Waals surface area contributed by atoms with Crippen LogP contribution in [-0.2, 0) is 11.3 Å². The van der Waals surface area contributed by atoms with Crippen molar-refractivity contribution in [2.24, 2.45) is 10.7 Å². The average Bonchev–Trinajstić information content (AvgIpc) is 2.86. The lowest BCUT2D eigenvalue weighted by Crippen LogP contribution is -2.47. The molecule has 1 fully saturated rings. The summed E-state index contributed by atoms with van der Waals surface area (Å²) in [7, 11) is 0. The molecule has 0 aliphatic carbocycles. The zero-order valence-electron chi connectivity index (χ0n) is 12.0. The molecule has 3 rings (SSSR count). The number of aromatic amines is 1. The Morgan fingerprint density at radius 2 is 2.38 bits per heavy atom. The smallest absolute Gasteiger partial charge is 0.191 e. The van der Waals surface area contributed by atoms with E-state index in [0.717, 1.165) is 28.8 Å². The first-order valence-electron chi connectivity index (χ1n) is 7.05. The second-order valence-electron chi connectivity index (χ2n) is 5.33. The van der Waals surface area contributed by atoms with Crippen LogP contribution >= 0.6 is 15.9 Å². The van der Waals surface area contributed by atoms with Gasteiger partial charge in [0.05, 0.1) is 19.3 Å².